The molecule has 22 heavy (non-hydrogen) atoms. The monoisotopic (exact) mass is 302 g/mol. The number of hydrogen-bond donors (Lipinski definition) is 2. The van der Waals surface area contributed by atoms with Crippen LogP contribution in [-0.2, 0) is 4.74 Å². The number of aliphatic imine (C=N–C) groups is 2. The predicted octanol–water partition coefficient (Wildman–Crippen LogP) is 2.47. The molecule has 0 unspecified atom stereocenters. The van der Waals surface area contributed by atoms with Crippen LogP contribution in [0.5, 0.6) is 0 Å². The van der Waals surface area contributed by atoms with Gasteiger partial charge in [-0.25, -0.2) is 9.98 Å². The van der Waals surface area contributed by atoms with E-state index < -0.39 is 0 Å². The Balaban J connectivity index is 2.56. The number of hydrogen-bond acceptors (Lipinski definition) is 4. The van der Waals surface area contributed by atoms with Crippen molar-refractivity contribution in [1.29, 1.82) is 0 Å². The Morgan fingerprint density at radius 1 is 1.41 bits per heavy atom. The van der Waals surface area contributed by atoms with E-state index in [9.17, 15) is 0 Å². The largest absolute Gasteiger partial charge is 0.494 e. The van der Waals surface area contributed by atoms with Gasteiger partial charge in [0.2, 0.25) is 0 Å². The number of ether oxygens (including phenoxy) is 1. The molecule has 0 aliphatic heterocycles. The topological polar surface area (TPSA) is 86.0 Å². The highest BCUT2D eigenvalue weighted by Gasteiger charge is 2.00. The van der Waals surface area contributed by atoms with Gasteiger partial charge in [0.25, 0.3) is 0 Å². The number of nitrogens with zero attached hydrogens (tertiary/aromatic N) is 2. The normalized spacial score (nSPS) is 22.7. The molecule has 5 heteroatoms. The average Bonchev–Trinajstić information content (AvgIpc) is 2.50. The molecule has 0 aromatic rings. The lowest BCUT2D eigenvalue weighted by molar-refractivity contribution is 0.240. The minimum atomic E-state index is 0.348. The summed E-state index contributed by atoms with van der Waals surface area (Å²) in [6, 6.07) is 0. The molecule has 0 aromatic heterocycles. The third-order valence-corrected chi connectivity index (χ3v) is 3.14. The quantitative estimate of drug-likeness (QED) is 0.559. The molecule has 1 aliphatic rings. The standard InChI is InChI=1S/C17H26N4O/c1-14(20-2)21-16(13-19)10-12-22-17-7-3-5-15(9-11-18)6-4-8-17/h3,5-6,8,10H,2,4,7,9,11-13,18-19H2,1H3/b5-3-,15-6+,16-10-,17-8+,21-14?. The molecule has 0 bridgehead atoms. The zero-order valence-electron chi connectivity index (χ0n) is 13.3. The van der Waals surface area contributed by atoms with Crippen LogP contribution < -0.4 is 11.5 Å². The van der Waals surface area contributed by atoms with Crippen molar-refractivity contribution >= 4 is 12.6 Å². The summed E-state index contributed by atoms with van der Waals surface area (Å²) in [4.78, 5) is 7.99. The predicted molar refractivity (Wildman–Crippen MR) is 94.0 cm³/mol. The third-order valence-electron chi connectivity index (χ3n) is 3.14. The Bertz CT molecular complexity index is 513. The summed E-state index contributed by atoms with van der Waals surface area (Å²) in [5, 5.41) is 0. The second-order valence-electron chi connectivity index (χ2n) is 4.86. The van der Waals surface area contributed by atoms with Crippen molar-refractivity contribution in [2.75, 3.05) is 19.7 Å². The van der Waals surface area contributed by atoms with Gasteiger partial charge in [0.15, 0.2) is 0 Å². The molecular weight excluding hydrogens is 276 g/mol. The van der Waals surface area contributed by atoms with Gasteiger partial charge in [-0.1, -0.05) is 23.8 Å². The fourth-order valence-corrected chi connectivity index (χ4v) is 1.95. The van der Waals surface area contributed by atoms with E-state index in [2.05, 4.69) is 41.0 Å². The minimum Gasteiger partial charge on any atom is -0.494 e. The van der Waals surface area contributed by atoms with Crippen LogP contribution in [0.2, 0.25) is 0 Å². The van der Waals surface area contributed by atoms with Gasteiger partial charge in [-0.2, -0.15) is 0 Å². The van der Waals surface area contributed by atoms with Gasteiger partial charge in [-0.3, -0.25) is 0 Å². The summed E-state index contributed by atoms with van der Waals surface area (Å²) in [7, 11) is 0. The van der Waals surface area contributed by atoms with E-state index in [0.717, 1.165) is 30.7 Å². The second kappa shape index (κ2) is 10.7. The Labute approximate surface area is 132 Å². The zero-order chi connectivity index (χ0) is 16.2. The molecular formula is C17H26N4O. The van der Waals surface area contributed by atoms with Crippen molar-refractivity contribution in [1.82, 2.24) is 0 Å². The van der Waals surface area contributed by atoms with Gasteiger partial charge in [0, 0.05) is 13.0 Å². The molecule has 0 heterocycles. The van der Waals surface area contributed by atoms with Gasteiger partial charge in [-0.15, -0.1) is 0 Å². The molecule has 0 fully saturated rings. The Morgan fingerprint density at radius 3 is 2.91 bits per heavy atom. The van der Waals surface area contributed by atoms with E-state index in [0.29, 0.717) is 25.5 Å². The van der Waals surface area contributed by atoms with Crippen LogP contribution in [0.25, 0.3) is 0 Å². The zero-order valence-corrected chi connectivity index (χ0v) is 13.3. The van der Waals surface area contributed by atoms with Crippen LogP contribution in [-0.4, -0.2) is 32.2 Å². The van der Waals surface area contributed by atoms with Crippen LogP contribution >= 0.6 is 0 Å². The van der Waals surface area contributed by atoms with Gasteiger partial charge in [0.05, 0.1) is 11.5 Å². The SMILES string of the molecule is C=NC(C)=N/C(=C\CO/C1=C/C/C=C(CCN)\C=C/C1)CN. The molecule has 1 rings (SSSR count). The van der Waals surface area contributed by atoms with Crippen LogP contribution in [0, 0.1) is 0 Å². The summed E-state index contributed by atoms with van der Waals surface area (Å²) in [6.07, 6.45) is 12.9. The maximum absolute atomic E-state index is 5.77. The highest BCUT2D eigenvalue weighted by molar-refractivity contribution is 5.84. The average molecular weight is 302 g/mol. The first kappa shape index (κ1) is 18.1. The van der Waals surface area contributed by atoms with Crippen LogP contribution in [0.3, 0.4) is 0 Å². The van der Waals surface area contributed by atoms with Crippen LogP contribution in [0.1, 0.15) is 26.2 Å². The van der Waals surface area contributed by atoms with Crippen LogP contribution in [0.15, 0.2) is 57.4 Å². The summed E-state index contributed by atoms with van der Waals surface area (Å²) in [5.74, 6) is 1.55. The highest BCUT2D eigenvalue weighted by atomic mass is 16.5. The van der Waals surface area contributed by atoms with Gasteiger partial charge in [-0.05, 0) is 45.2 Å². The first-order valence-electron chi connectivity index (χ1n) is 7.48. The molecule has 0 spiro atoms. The molecule has 0 saturated heterocycles. The van der Waals surface area contributed by atoms with Crippen molar-refractivity contribution in [3.8, 4) is 0 Å². The van der Waals surface area contributed by atoms with E-state index in [-0.39, 0.29) is 0 Å². The molecule has 0 aromatic carbocycles. The number of allylic oxidation sites excluding steroid dienone is 4. The third kappa shape index (κ3) is 7.15. The van der Waals surface area contributed by atoms with E-state index >= 15 is 0 Å². The molecule has 0 amide bonds. The summed E-state index contributed by atoms with van der Waals surface area (Å²) in [5.41, 5.74) is 13.3. The summed E-state index contributed by atoms with van der Waals surface area (Å²) >= 11 is 0. The molecule has 0 saturated carbocycles. The fraction of sp³-hybridized carbons (Fsp3) is 0.412. The lowest BCUT2D eigenvalue weighted by atomic mass is 10.1. The molecule has 120 valence electrons. The Kier molecular flexibility index (Phi) is 8.79. The molecule has 5 nitrogen and oxygen atoms in total. The summed E-state index contributed by atoms with van der Waals surface area (Å²) < 4.78 is 5.77. The van der Waals surface area contributed by atoms with Gasteiger partial charge < -0.3 is 16.2 Å². The van der Waals surface area contributed by atoms with Gasteiger partial charge in [0.1, 0.15) is 12.4 Å². The van der Waals surface area contributed by atoms with Crippen molar-refractivity contribution < 1.29 is 4.74 Å². The lowest BCUT2D eigenvalue weighted by Gasteiger charge is -2.10. The van der Waals surface area contributed by atoms with E-state index in [1.807, 2.05) is 6.08 Å². The van der Waals surface area contributed by atoms with Crippen molar-refractivity contribution in [2.24, 2.45) is 21.5 Å². The first-order chi connectivity index (χ1) is 10.7. The van der Waals surface area contributed by atoms with Crippen molar-refractivity contribution in [3.63, 3.8) is 0 Å². The number of rotatable bonds is 7. The lowest BCUT2D eigenvalue weighted by Crippen LogP contribution is -2.04. The molecule has 1 aliphatic carbocycles. The van der Waals surface area contributed by atoms with Gasteiger partial charge >= 0.3 is 0 Å². The van der Waals surface area contributed by atoms with Crippen LogP contribution in [0.4, 0.5) is 0 Å². The minimum absolute atomic E-state index is 0.348. The second-order valence-corrected chi connectivity index (χ2v) is 4.86. The fourth-order valence-electron chi connectivity index (χ4n) is 1.95. The van der Waals surface area contributed by atoms with Crippen molar-refractivity contribution in [3.05, 3.63) is 47.4 Å². The highest BCUT2D eigenvalue weighted by Crippen LogP contribution is 2.14. The maximum Gasteiger partial charge on any atom is 0.124 e. The molecule has 0 atom stereocenters. The Morgan fingerprint density at radius 2 is 2.23 bits per heavy atom. The smallest absolute Gasteiger partial charge is 0.124 e. The number of amidine groups is 1. The van der Waals surface area contributed by atoms with Crippen molar-refractivity contribution in [2.45, 2.75) is 26.2 Å². The first-order valence-corrected chi connectivity index (χ1v) is 7.48. The van der Waals surface area contributed by atoms with E-state index in [4.69, 9.17) is 16.2 Å². The number of nitrogens with two attached hydrogens (primary N) is 2. The molecule has 0 radical (unpaired) electrons. The maximum atomic E-state index is 5.77. The van der Waals surface area contributed by atoms with E-state index in [1.165, 1.54) is 5.57 Å². The Hall–Kier alpha value is -1.98. The van der Waals surface area contributed by atoms with E-state index in [1.54, 1.807) is 6.92 Å². The molecule has 4 N–H and O–H groups in total. The summed E-state index contributed by atoms with van der Waals surface area (Å²) in [6.45, 7) is 6.68.